The van der Waals surface area contributed by atoms with Gasteiger partial charge in [-0.2, -0.15) is 23.5 Å². The summed E-state index contributed by atoms with van der Waals surface area (Å²) in [6.45, 7) is 10.1. The van der Waals surface area contributed by atoms with Crippen molar-refractivity contribution in [1.29, 1.82) is 5.26 Å². The molecule has 1 aliphatic carbocycles. The average molecular weight is 709 g/mol. The van der Waals surface area contributed by atoms with Crippen molar-refractivity contribution in [3.05, 3.63) is 60.3 Å². The number of fused-ring (bicyclic) bond motifs is 1. The number of aromatic nitrogens is 5. The number of rotatable bonds is 13. The number of halogens is 3. The molecule has 0 spiro atoms. The fraction of sp³-hybridized carbons (Fsp3) is 0.556. The van der Waals surface area contributed by atoms with Gasteiger partial charge in [-0.3, -0.25) is 9.58 Å². The molecule has 2 aliphatic rings. The Balaban J connectivity index is 1.08. The molecule has 0 N–H and O–H groups in total. The Labute approximate surface area is 292 Å². The zero-order valence-electron chi connectivity index (χ0n) is 29.6. The minimum Gasteiger partial charge on any atom is -0.490 e. The van der Waals surface area contributed by atoms with Crippen LogP contribution in [0, 0.1) is 11.3 Å². The maximum Gasteiger partial charge on any atom is 0.416 e. The van der Waals surface area contributed by atoms with Crippen molar-refractivity contribution in [3.8, 4) is 23.1 Å². The van der Waals surface area contributed by atoms with Crippen LogP contribution in [0.3, 0.4) is 0 Å². The van der Waals surface area contributed by atoms with E-state index in [-0.39, 0.29) is 17.9 Å². The third-order valence-corrected chi connectivity index (χ3v) is 11.6. The fourth-order valence-electron chi connectivity index (χ4n) is 7.12. The van der Waals surface area contributed by atoms with E-state index in [1.54, 1.807) is 12.4 Å². The van der Waals surface area contributed by atoms with Crippen LogP contribution < -0.4 is 4.74 Å². The van der Waals surface area contributed by atoms with E-state index in [1.165, 1.54) is 6.07 Å². The highest BCUT2D eigenvalue weighted by atomic mass is 28.3. The summed E-state index contributed by atoms with van der Waals surface area (Å²) in [5, 5.41) is 15.5. The van der Waals surface area contributed by atoms with E-state index in [2.05, 4.69) is 40.6 Å². The van der Waals surface area contributed by atoms with Crippen molar-refractivity contribution in [1.82, 2.24) is 34.1 Å². The summed E-state index contributed by atoms with van der Waals surface area (Å²) < 4.78 is 56.9. The van der Waals surface area contributed by atoms with Crippen LogP contribution in [0.2, 0.25) is 25.7 Å². The molecular formula is C36H47F3N8O2Si. The predicted octanol–water partition coefficient (Wildman–Crippen LogP) is 7.00. The van der Waals surface area contributed by atoms with Gasteiger partial charge in [0.2, 0.25) is 0 Å². The zero-order chi connectivity index (χ0) is 35.7. The lowest BCUT2D eigenvalue weighted by Gasteiger charge is -2.52. The van der Waals surface area contributed by atoms with Gasteiger partial charge in [-0.15, -0.1) is 0 Å². The Morgan fingerprint density at radius 2 is 1.86 bits per heavy atom. The molecule has 1 aromatic carbocycles. The SMILES string of the molecule is CN(C)Cc1cc(OC2CCN(C3CC(CC#N)(n4cc(-c5ncnc6c5ccn6COCC[Si](C)(C)C)cn4)C3)CC2)cc(C(F)(F)F)c1. The first-order valence-electron chi connectivity index (χ1n) is 17.3. The van der Waals surface area contributed by atoms with Crippen LogP contribution in [0.25, 0.3) is 22.3 Å². The van der Waals surface area contributed by atoms with Crippen molar-refractivity contribution >= 4 is 19.1 Å². The normalized spacial score (nSPS) is 20.7. The first kappa shape index (κ1) is 36.0. The molecule has 0 unspecified atom stereocenters. The molecule has 1 aliphatic heterocycles. The third kappa shape index (κ3) is 8.23. The molecule has 4 aromatic rings. The van der Waals surface area contributed by atoms with Crippen LogP contribution in [0.1, 0.15) is 43.2 Å². The first-order valence-corrected chi connectivity index (χ1v) is 21.0. The summed E-state index contributed by atoms with van der Waals surface area (Å²) >= 11 is 0. The van der Waals surface area contributed by atoms with Gasteiger partial charge in [-0.1, -0.05) is 19.6 Å². The molecule has 1 saturated carbocycles. The number of hydrogen-bond donors (Lipinski definition) is 0. The lowest BCUT2D eigenvalue weighted by Crippen LogP contribution is -2.58. The van der Waals surface area contributed by atoms with Gasteiger partial charge in [0.05, 0.1) is 35.5 Å². The van der Waals surface area contributed by atoms with E-state index >= 15 is 0 Å². The Morgan fingerprint density at radius 1 is 1.10 bits per heavy atom. The van der Waals surface area contributed by atoms with Crippen molar-refractivity contribution in [2.45, 2.75) is 94.9 Å². The second kappa shape index (κ2) is 14.5. The number of nitriles is 1. The van der Waals surface area contributed by atoms with Crippen LogP contribution in [0.15, 0.2) is 49.2 Å². The van der Waals surface area contributed by atoms with E-state index in [4.69, 9.17) is 14.6 Å². The van der Waals surface area contributed by atoms with E-state index in [9.17, 15) is 18.4 Å². The lowest BCUT2D eigenvalue weighted by atomic mass is 9.69. The smallest absolute Gasteiger partial charge is 0.416 e. The molecule has 4 heterocycles. The van der Waals surface area contributed by atoms with Crippen molar-refractivity contribution in [2.75, 3.05) is 33.8 Å². The summed E-state index contributed by atoms with van der Waals surface area (Å²) in [5.74, 6) is 0.268. The van der Waals surface area contributed by atoms with Gasteiger partial charge in [-0.25, -0.2) is 9.97 Å². The zero-order valence-corrected chi connectivity index (χ0v) is 30.6. The number of alkyl halides is 3. The van der Waals surface area contributed by atoms with Crippen LogP contribution in [-0.4, -0.2) is 88.1 Å². The molecule has 0 amide bonds. The molecule has 0 radical (unpaired) electrons. The number of benzene rings is 1. The molecule has 50 heavy (non-hydrogen) atoms. The summed E-state index contributed by atoms with van der Waals surface area (Å²) in [4.78, 5) is 13.4. The number of ether oxygens (including phenoxy) is 2. The molecule has 3 aromatic heterocycles. The highest BCUT2D eigenvalue weighted by Crippen LogP contribution is 2.46. The molecule has 0 bridgehead atoms. The highest BCUT2D eigenvalue weighted by molar-refractivity contribution is 6.76. The minimum absolute atomic E-state index is 0.157. The predicted molar refractivity (Wildman–Crippen MR) is 188 cm³/mol. The maximum atomic E-state index is 13.6. The van der Waals surface area contributed by atoms with Gasteiger partial charge in [-0.05, 0) is 75.7 Å². The fourth-order valence-corrected chi connectivity index (χ4v) is 7.88. The third-order valence-electron chi connectivity index (χ3n) is 9.85. The Bertz CT molecular complexity index is 1810. The van der Waals surface area contributed by atoms with E-state index in [0.717, 1.165) is 79.8 Å². The molecule has 14 heteroatoms. The van der Waals surface area contributed by atoms with Crippen molar-refractivity contribution < 1.29 is 22.6 Å². The van der Waals surface area contributed by atoms with Crippen LogP contribution in [0.4, 0.5) is 13.2 Å². The summed E-state index contributed by atoms with van der Waals surface area (Å²) in [7, 11) is 2.48. The monoisotopic (exact) mass is 708 g/mol. The molecule has 2 fully saturated rings. The molecule has 6 rings (SSSR count). The first-order chi connectivity index (χ1) is 23.7. The molecule has 10 nitrogen and oxygen atoms in total. The van der Waals surface area contributed by atoms with Gasteiger partial charge < -0.3 is 18.9 Å². The lowest BCUT2D eigenvalue weighted by molar-refractivity contribution is -0.137. The van der Waals surface area contributed by atoms with Gasteiger partial charge in [0.25, 0.3) is 0 Å². The largest absolute Gasteiger partial charge is 0.490 e. The number of nitrogens with zero attached hydrogens (tertiary/aromatic N) is 8. The van der Waals surface area contributed by atoms with Crippen LogP contribution in [0.5, 0.6) is 5.75 Å². The quantitative estimate of drug-likeness (QED) is 0.108. The number of piperidine rings is 1. The number of hydrogen-bond acceptors (Lipinski definition) is 8. The Kier molecular flexibility index (Phi) is 10.4. The summed E-state index contributed by atoms with van der Waals surface area (Å²) in [6, 6.07) is 9.82. The van der Waals surface area contributed by atoms with E-state index < -0.39 is 25.4 Å². The standard InChI is InChI=1S/C36H47F3N8O2Si/c1-44(2)22-26-16-28(36(37,38)39)18-31(17-26)49-30-6-11-45(12-7-30)29-19-35(20-29,9-10-40)47-23-27(21-43-47)33-32-8-13-46(34(32)42-24-41-33)25-48-14-15-50(3,4)5/h8,13,16-18,21,23-24,29-30H,6-7,9,11-12,14-15,19-20,22,25H2,1-5H3. The molecule has 1 saturated heterocycles. The van der Waals surface area contributed by atoms with Gasteiger partial charge >= 0.3 is 6.18 Å². The summed E-state index contributed by atoms with van der Waals surface area (Å²) in [6.07, 6.45) is 6.14. The Morgan fingerprint density at radius 3 is 2.54 bits per heavy atom. The molecular weight excluding hydrogens is 662 g/mol. The molecule has 0 atom stereocenters. The second-order valence-electron chi connectivity index (χ2n) is 15.3. The average Bonchev–Trinajstić information content (AvgIpc) is 3.68. The Hall–Kier alpha value is -3.77. The van der Waals surface area contributed by atoms with Gasteiger partial charge in [0.15, 0.2) is 0 Å². The maximum absolute atomic E-state index is 13.6. The van der Waals surface area contributed by atoms with Crippen LogP contribution in [-0.2, 0) is 29.7 Å². The van der Waals surface area contributed by atoms with Gasteiger partial charge in [0, 0.05) is 63.7 Å². The number of likely N-dealkylation sites (tertiary alicyclic amines) is 1. The topological polar surface area (TPSA) is 97.3 Å². The second-order valence-corrected chi connectivity index (χ2v) is 21.0. The minimum atomic E-state index is -4.44. The van der Waals surface area contributed by atoms with Gasteiger partial charge in [0.1, 0.15) is 30.6 Å². The van der Waals surface area contributed by atoms with Crippen LogP contribution >= 0.6 is 0 Å². The van der Waals surface area contributed by atoms with Crippen molar-refractivity contribution in [3.63, 3.8) is 0 Å². The van der Waals surface area contributed by atoms with E-state index in [0.29, 0.717) is 25.3 Å². The summed E-state index contributed by atoms with van der Waals surface area (Å²) in [5.41, 5.74) is 1.95. The highest BCUT2D eigenvalue weighted by Gasteiger charge is 2.49. The van der Waals surface area contributed by atoms with Crippen molar-refractivity contribution in [2.24, 2.45) is 0 Å². The molecule has 268 valence electrons. The van der Waals surface area contributed by atoms with E-state index in [1.807, 2.05) is 52.9 Å².